The predicted octanol–water partition coefficient (Wildman–Crippen LogP) is 1.89. The predicted molar refractivity (Wildman–Crippen MR) is 57.9 cm³/mol. The van der Waals surface area contributed by atoms with Crippen molar-refractivity contribution in [2.75, 3.05) is 6.54 Å². The SMILES string of the molecule is C#CCCC(=O)C1(CCC)CCCN1. The molecule has 1 rings (SSSR count). The Hall–Kier alpha value is -0.810. The van der Waals surface area contributed by atoms with Gasteiger partial charge in [-0.3, -0.25) is 4.79 Å². The molecule has 1 N–H and O–H groups in total. The van der Waals surface area contributed by atoms with Gasteiger partial charge in [-0.15, -0.1) is 12.3 Å². The molecule has 1 saturated heterocycles. The fraction of sp³-hybridized carbons (Fsp3) is 0.750. The normalized spacial score (nSPS) is 26.0. The average Bonchev–Trinajstić information content (AvgIpc) is 2.64. The van der Waals surface area contributed by atoms with Gasteiger partial charge in [0.05, 0.1) is 5.54 Å². The van der Waals surface area contributed by atoms with Crippen molar-refractivity contribution in [2.45, 2.75) is 51.0 Å². The van der Waals surface area contributed by atoms with Crippen molar-refractivity contribution in [3.8, 4) is 12.3 Å². The second-order valence-electron chi connectivity index (χ2n) is 3.99. The van der Waals surface area contributed by atoms with Crippen LogP contribution in [0.4, 0.5) is 0 Å². The van der Waals surface area contributed by atoms with E-state index in [0.29, 0.717) is 18.6 Å². The minimum atomic E-state index is -0.231. The van der Waals surface area contributed by atoms with Crippen LogP contribution in [0.3, 0.4) is 0 Å². The van der Waals surface area contributed by atoms with E-state index in [2.05, 4.69) is 18.2 Å². The number of Topliss-reactive ketones (excluding diaryl/α,β-unsaturated/α-hetero) is 1. The molecule has 0 amide bonds. The Morgan fingerprint density at radius 1 is 1.64 bits per heavy atom. The van der Waals surface area contributed by atoms with Crippen molar-refractivity contribution in [1.82, 2.24) is 5.32 Å². The second kappa shape index (κ2) is 5.17. The lowest BCUT2D eigenvalue weighted by Gasteiger charge is -2.27. The Kier molecular flexibility index (Phi) is 4.16. The van der Waals surface area contributed by atoms with Gasteiger partial charge in [0.15, 0.2) is 5.78 Å². The first kappa shape index (κ1) is 11.3. The molecule has 1 aliphatic heterocycles. The maximum atomic E-state index is 12.0. The van der Waals surface area contributed by atoms with Gasteiger partial charge in [0.2, 0.25) is 0 Å². The molecule has 0 aromatic rings. The zero-order valence-corrected chi connectivity index (χ0v) is 8.94. The van der Waals surface area contributed by atoms with Crippen molar-refractivity contribution in [3.63, 3.8) is 0 Å². The number of hydrogen-bond donors (Lipinski definition) is 1. The van der Waals surface area contributed by atoms with Gasteiger partial charge < -0.3 is 5.32 Å². The fourth-order valence-electron chi connectivity index (χ4n) is 2.25. The third-order valence-corrected chi connectivity index (χ3v) is 2.95. The van der Waals surface area contributed by atoms with Crippen molar-refractivity contribution < 1.29 is 4.79 Å². The van der Waals surface area contributed by atoms with Gasteiger partial charge >= 0.3 is 0 Å². The van der Waals surface area contributed by atoms with Crippen LogP contribution in [-0.2, 0) is 4.79 Å². The molecule has 1 unspecified atom stereocenters. The molecule has 0 aromatic heterocycles. The Labute approximate surface area is 86.5 Å². The van der Waals surface area contributed by atoms with Crippen molar-refractivity contribution in [3.05, 3.63) is 0 Å². The molecule has 0 saturated carbocycles. The Morgan fingerprint density at radius 3 is 2.93 bits per heavy atom. The summed E-state index contributed by atoms with van der Waals surface area (Å²) in [5.41, 5.74) is -0.231. The van der Waals surface area contributed by atoms with E-state index >= 15 is 0 Å². The van der Waals surface area contributed by atoms with Crippen LogP contribution < -0.4 is 5.32 Å². The first-order chi connectivity index (χ1) is 6.75. The average molecular weight is 193 g/mol. The Morgan fingerprint density at radius 2 is 2.43 bits per heavy atom. The first-order valence-electron chi connectivity index (χ1n) is 5.47. The van der Waals surface area contributed by atoms with E-state index < -0.39 is 0 Å². The summed E-state index contributed by atoms with van der Waals surface area (Å²) >= 11 is 0. The number of rotatable bonds is 5. The maximum Gasteiger partial charge on any atom is 0.153 e. The molecule has 0 bridgehead atoms. The lowest BCUT2D eigenvalue weighted by molar-refractivity contribution is -0.125. The summed E-state index contributed by atoms with van der Waals surface area (Å²) in [4.78, 5) is 12.0. The number of carbonyl (C=O) groups is 1. The van der Waals surface area contributed by atoms with Crippen LogP contribution in [0, 0.1) is 12.3 Å². The molecule has 2 heteroatoms. The van der Waals surface area contributed by atoms with Gasteiger partial charge in [-0.2, -0.15) is 0 Å². The van der Waals surface area contributed by atoms with Gasteiger partial charge in [0.1, 0.15) is 0 Å². The molecule has 0 spiro atoms. The molecule has 1 heterocycles. The number of ketones is 1. The second-order valence-corrected chi connectivity index (χ2v) is 3.99. The van der Waals surface area contributed by atoms with Crippen molar-refractivity contribution in [2.24, 2.45) is 0 Å². The molecular formula is C12H19NO. The monoisotopic (exact) mass is 193 g/mol. The highest BCUT2D eigenvalue weighted by Crippen LogP contribution is 2.27. The minimum Gasteiger partial charge on any atom is -0.305 e. The summed E-state index contributed by atoms with van der Waals surface area (Å²) < 4.78 is 0. The summed E-state index contributed by atoms with van der Waals surface area (Å²) in [7, 11) is 0. The maximum absolute atomic E-state index is 12.0. The van der Waals surface area contributed by atoms with E-state index in [4.69, 9.17) is 6.42 Å². The summed E-state index contributed by atoms with van der Waals surface area (Å²) in [6, 6.07) is 0. The standard InChI is InChI=1S/C12H19NO/c1-3-5-7-11(14)12(8-4-2)9-6-10-13-12/h1,13H,4-10H2,2H3. The molecule has 2 nitrogen and oxygen atoms in total. The van der Waals surface area contributed by atoms with Gasteiger partial charge in [0, 0.05) is 12.8 Å². The fourth-order valence-corrected chi connectivity index (χ4v) is 2.25. The molecule has 1 fully saturated rings. The molecule has 0 aromatic carbocycles. The summed E-state index contributed by atoms with van der Waals surface area (Å²) in [5.74, 6) is 2.85. The lowest BCUT2D eigenvalue weighted by Crippen LogP contribution is -2.47. The van der Waals surface area contributed by atoms with E-state index in [1.165, 1.54) is 0 Å². The van der Waals surface area contributed by atoms with E-state index in [1.807, 2.05) is 0 Å². The summed E-state index contributed by atoms with van der Waals surface area (Å²) in [6.07, 6.45) is 10.4. The number of terminal acetylenes is 1. The largest absolute Gasteiger partial charge is 0.305 e. The molecule has 0 radical (unpaired) electrons. The number of nitrogens with one attached hydrogen (secondary N) is 1. The van der Waals surface area contributed by atoms with Gasteiger partial charge in [-0.1, -0.05) is 13.3 Å². The van der Waals surface area contributed by atoms with Crippen molar-refractivity contribution >= 4 is 5.78 Å². The number of hydrogen-bond acceptors (Lipinski definition) is 2. The highest BCUT2D eigenvalue weighted by molar-refractivity contribution is 5.88. The molecule has 14 heavy (non-hydrogen) atoms. The molecule has 0 aliphatic carbocycles. The molecule has 1 aliphatic rings. The lowest BCUT2D eigenvalue weighted by atomic mass is 9.85. The van der Waals surface area contributed by atoms with E-state index in [-0.39, 0.29) is 5.54 Å². The van der Waals surface area contributed by atoms with E-state index in [9.17, 15) is 4.79 Å². The highest BCUT2D eigenvalue weighted by Gasteiger charge is 2.38. The molecule has 1 atom stereocenters. The van der Waals surface area contributed by atoms with Crippen LogP contribution in [0.2, 0.25) is 0 Å². The van der Waals surface area contributed by atoms with Crippen LogP contribution in [0.15, 0.2) is 0 Å². The van der Waals surface area contributed by atoms with Crippen LogP contribution >= 0.6 is 0 Å². The zero-order valence-electron chi connectivity index (χ0n) is 8.94. The highest BCUT2D eigenvalue weighted by atomic mass is 16.1. The van der Waals surface area contributed by atoms with Gasteiger partial charge in [-0.05, 0) is 25.8 Å². The van der Waals surface area contributed by atoms with Gasteiger partial charge in [-0.25, -0.2) is 0 Å². The zero-order chi connectivity index (χ0) is 10.4. The third kappa shape index (κ3) is 2.36. The molecular weight excluding hydrogens is 174 g/mol. The van der Waals surface area contributed by atoms with E-state index in [0.717, 1.165) is 32.2 Å². The summed E-state index contributed by atoms with van der Waals surface area (Å²) in [5, 5.41) is 3.36. The van der Waals surface area contributed by atoms with Gasteiger partial charge in [0.25, 0.3) is 0 Å². The summed E-state index contributed by atoms with van der Waals surface area (Å²) in [6.45, 7) is 3.10. The van der Waals surface area contributed by atoms with Crippen LogP contribution in [0.5, 0.6) is 0 Å². The van der Waals surface area contributed by atoms with Crippen LogP contribution in [0.1, 0.15) is 45.4 Å². The number of carbonyl (C=O) groups excluding carboxylic acids is 1. The topological polar surface area (TPSA) is 29.1 Å². The smallest absolute Gasteiger partial charge is 0.153 e. The van der Waals surface area contributed by atoms with Crippen molar-refractivity contribution in [1.29, 1.82) is 0 Å². The first-order valence-corrected chi connectivity index (χ1v) is 5.47. The van der Waals surface area contributed by atoms with Crippen LogP contribution in [0.25, 0.3) is 0 Å². The Balaban J connectivity index is 2.58. The molecule has 78 valence electrons. The van der Waals surface area contributed by atoms with Crippen LogP contribution in [-0.4, -0.2) is 17.9 Å². The third-order valence-electron chi connectivity index (χ3n) is 2.95. The quantitative estimate of drug-likeness (QED) is 0.676. The van der Waals surface area contributed by atoms with E-state index in [1.54, 1.807) is 0 Å². The Bertz CT molecular complexity index is 233. The minimum absolute atomic E-state index is 0.231.